The van der Waals surface area contributed by atoms with Crippen LogP contribution in [0.3, 0.4) is 0 Å². The quantitative estimate of drug-likeness (QED) is 0.935. The molecule has 1 saturated heterocycles. The van der Waals surface area contributed by atoms with Crippen LogP contribution < -0.4 is 5.32 Å². The molecule has 0 bridgehead atoms. The van der Waals surface area contributed by atoms with Crippen molar-refractivity contribution < 1.29 is 4.74 Å². The summed E-state index contributed by atoms with van der Waals surface area (Å²) in [6, 6.07) is 3.79. The fourth-order valence-corrected chi connectivity index (χ4v) is 2.64. The Kier molecular flexibility index (Phi) is 4.01. The number of fused-ring (bicyclic) bond motifs is 1. The van der Waals surface area contributed by atoms with E-state index in [2.05, 4.69) is 10.3 Å². The minimum absolute atomic E-state index is 0.639. The fraction of sp³-hybridized carbons (Fsp3) is 0.500. The molecule has 1 aliphatic rings. The first-order valence-electron chi connectivity index (χ1n) is 6.73. The number of hydrogen-bond donors (Lipinski definition) is 1. The summed E-state index contributed by atoms with van der Waals surface area (Å²) in [6.07, 6.45) is 6.33. The molecule has 1 aliphatic heterocycles. The maximum absolute atomic E-state index is 5.96. The molecule has 3 rings (SSSR count). The van der Waals surface area contributed by atoms with Gasteiger partial charge in [0, 0.05) is 32.1 Å². The van der Waals surface area contributed by atoms with Crippen molar-refractivity contribution in [2.75, 3.05) is 19.8 Å². The Bertz CT molecular complexity index is 549. The van der Waals surface area contributed by atoms with Gasteiger partial charge in [0.1, 0.15) is 5.65 Å². The Labute approximate surface area is 117 Å². The van der Waals surface area contributed by atoms with Crippen LogP contribution in [-0.4, -0.2) is 29.1 Å². The van der Waals surface area contributed by atoms with Crippen molar-refractivity contribution in [3.8, 4) is 0 Å². The lowest BCUT2D eigenvalue weighted by Gasteiger charge is -2.21. The number of nitrogens with zero attached hydrogens (tertiary/aromatic N) is 2. The third-order valence-electron chi connectivity index (χ3n) is 3.46. The highest BCUT2D eigenvalue weighted by molar-refractivity contribution is 6.30. The molecule has 102 valence electrons. The zero-order chi connectivity index (χ0) is 13.1. The topological polar surface area (TPSA) is 38.6 Å². The van der Waals surface area contributed by atoms with Crippen molar-refractivity contribution in [1.29, 1.82) is 0 Å². The number of imidazole rings is 1. The number of hydrogen-bond acceptors (Lipinski definition) is 3. The van der Waals surface area contributed by atoms with Gasteiger partial charge in [0.15, 0.2) is 0 Å². The largest absolute Gasteiger partial charge is 0.381 e. The van der Waals surface area contributed by atoms with Crippen molar-refractivity contribution in [3.05, 3.63) is 35.2 Å². The van der Waals surface area contributed by atoms with E-state index in [1.54, 1.807) is 0 Å². The van der Waals surface area contributed by atoms with E-state index >= 15 is 0 Å². The molecule has 19 heavy (non-hydrogen) atoms. The summed E-state index contributed by atoms with van der Waals surface area (Å²) < 4.78 is 7.43. The molecular weight excluding hydrogens is 262 g/mol. The number of halogens is 1. The van der Waals surface area contributed by atoms with E-state index in [-0.39, 0.29) is 0 Å². The molecule has 0 aliphatic carbocycles. The molecule has 0 aromatic carbocycles. The number of ether oxygens (including phenoxy) is 1. The summed E-state index contributed by atoms with van der Waals surface area (Å²) >= 11 is 5.96. The van der Waals surface area contributed by atoms with Crippen molar-refractivity contribution in [3.63, 3.8) is 0 Å². The highest BCUT2D eigenvalue weighted by Gasteiger charge is 2.13. The summed E-state index contributed by atoms with van der Waals surface area (Å²) in [5.74, 6) is 0.639. The maximum Gasteiger partial charge on any atom is 0.137 e. The van der Waals surface area contributed by atoms with Gasteiger partial charge in [0.25, 0.3) is 0 Å². The Morgan fingerprint density at radius 2 is 2.37 bits per heavy atom. The van der Waals surface area contributed by atoms with E-state index in [4.69, 9.17) is 16.3 Å². The van der Waals surface area contributed by atoms with Gasteiger partial charge in [0.05, 0.1) is 17.3 Å². The van der Waals surface area contributed by atoms with Crippen LogP contribution in [0.5, 0.6) is 0 Å². The lowest BCUT2D eigenvalue weighted by molar-refractivity contribution is 0.0547. The van der Waals surface area contributed by atoms with E-state index in [1.165, 1.54) is 12.8 Å². The predicted molar refractivity (Wildman–Crippen MR) is 75.5 cm³/mol. The zero-order valence-corrected chi connectivity index (χ0v) is 11.6. The average Bonchev–Trinajstić information content (AvgIpc) is 2.82. The van der Waals surface area contributed by atoms with Gasteiger partial charge >= 0.3 is 0 Å². The molecule has 5 heteroatoms. The van der Waals surface area contributed by atoms with E-state index in [9.17, 15) is 0 Å². The van der Waals surface area contributed by atoms with Gasteiger partial charge in [-0.3, -0.25) is 0 Å². The SMILES string of the molecule is Clc1ccc2nc(CNCC3CCCOC3)cn2c1. The molecule has 2 aromatic rings. The maximum atomic E-state index is 5.96. The lowest BCUT2D eigenvalue weighted by Crippen LogP contribution is -2.28. The summed E-state index contributed by atoms with van der Waals surface area (Å²) in [7, 11) is 0. The van der Waals surface area contributed by atoms with Crippen LogP contribution >= 0.6 is 11.6 Å². The first kappa shape index (κ1) is 12.9. The number of nitrogens with one attached hydrogen (secondary N) is 1. The second-order valence-corrected chi connectivity index (χ2v) is 5.50. The molecule has 1 atom stereocenters. The minimum Gasteiger partial charge on any atom is -0.381 e. The Morgan fingerprint density at radius 3 is 3.21 bits per heavy atom. The van der Waals surface area contributed by atoms with Gasteiger partial charge in [-0.1, -0.05) is 11.6 Å². The van der Waals surface area contributed by atoms with Crippen LogP contribution in [0.4, 0.5) is 0 Å². The van der Waals surface area contributed by atoms with Gasteiger partial charge < -0.3 is 14.5 Å². The average molecular weight is 280 g/mol. The van der Waals surface area contributed by atoms with Gasteiger partial charge in [0.2, 0.25) is 0 Å². The summed E-state index contributed by atoms with van der Waals surface area (Å²) in [5.41, 5.74) is 1.97. The van der Waals surface area contributed by atoms with Gasteiger partial charge in [-0.25, -0.2) is 4.98 Å². The second kappa shape index (κ2) is 5.90. The van der Waals surface area contributed by atoms with Crippen LogP contribution in [0, 0.1) is 5.92 Å². The van der Waals surface area contributed by atoms with Crippen LogP contribution in [-0.2, 0) is 11.3 Å². The predicted octanol–water partition coefficient (Wildman–Crippen LogP) is 2.50. The number of aromatic nitrogens is 2. The Morgan fingerprint density at radius 1 is 1.42 bits per heavy atom. The molecule has 1 N–H and O–H groups in total. The van der Waals surface area contributed by atoms with Crippen molar-refractivity contribution in [2.24, 2.45) is 5.92 Å². The molecule has 1 fully saturated rings. The molecule has 3 heterocycles. The lowest BCUT2D eigenvalue weighted by atomic mass is 10.0. The van der Waals surface area contributed by atoms with E-state index < -0.39 is 0 Å². The highest BCUT2D eigenvalue weighted by atomic mass is 35.5. The van der Waals surface area contributed by atoms with Crippen LogP contribution in [0.25, 0.3) is 5.65 Å². The van der Waals surface area contributed by atoms with E-state index in [0.29, 0.717) is 5.92 Å². The van der Waals surface area contributed by atoms with Crippen molar-refractivity contribution >= 4 is 17.2 Å². The third kappa shape index (κ3) is 3.26. The Hall–Kier alpha value is -1.10. The molecular formula is C14H18ClN3O. The first-order chi connectivity index (χ1) is 9.31. The summed E-state index contributed by atoms with van der Waals surface area (Å²) in [6.45, 7) is 3.59. The molecule has 0 spiro atoms. The van der Waals surface area contributed by atoms with E-state index in [0.717, 1.165) is 42.7 Å². The van der Waals surface area contributed by atoms with E-state index in [1.807, 2.05) is 28.9 Å². The number of pyridine rings is 1. The fourth-order valence-electron chi connectivity index (χ4n) is 2.48. The van der Waals surface area contributed by atoms with Crippen LogP contribution in [0.15, 0.2) is 24.5 Å². The molecule has 0 saturated carbocycles. The third-order valence-corrected chi connectivity index (χ3v) is 3.68. The standard InChI is InChI=1S/C14H18ClN3O/c15-12-3-4-14-17-13(9-18(14)8-12)7-16-6-11-2-1-5-19-10-11/h3-4,8-9,11,16H,1-2,5-7,10H2. The first-order valence-corrected chi connectivity index (χ1v) is 7.10. The Balaban J connectivity index is 1.56. The minimum atomic E-state index is 0.639. The monoisotopic (exact) mass is 279 g/mol. The van der Waals surface area contributed by atoms with Crippen LogP contribution in [0.2, 0.25) is 5.02 Å². The van der Waals surface area contributed by atoms with Gasteiger partial charge in [-0.15, -0.1) is 0 Å². The molecule has 1 unspecified atom stereocenters. The second-order valence-electron chi connectivity index (χ2n) is 5.06. The van der Waals surface area contributed by atoms with Gasteiger partial charge in [-0.05, 0) is 30.9 Å². The van der Waals surface area contributed by atoms with Crippen LogP contribution in [0.1, 0.15) is 18.5 Å². The molecule has 4 nitrogen and oxygen atoms in total. The van der Waals surface area contributed by atoms with Crippen molar-refractivity contribution in [2.45, 2.75) is 19.4 Å². The highest BCUT2D eigenvalue weighted by Crippen LogP contribution is 2.13. The summed E-state index contributed by atoms with van der Waals surface area (Å²) in [5, 5.41) is 4.18. The van der Waals surface area contributed by atoms with Gasteiger partial charge in [-0.2, -0.15) is 0 Å². The zero-order valence-electron chi connectivity index (χ0n) is 10.8. The van der Waals surface area contributed by atoms with Crippen molar-refractivity contribution in [1.82, 2.24) is 14.7 Å². The summed E-state index contributed by atoms with van der Waals surface area (Å²) in [4.78, 5) is 4.55. The normalized spacial score (nSPS) is 19.9. The molecule has 0 radical (unpaired) electrons. The molecule has 0 amide bonds. The molecule has 2 aromatic heterocycles. The smallest absolute Gasteiger partial charge is 0.137 e. The number of rotatable bonds is 4.